The molecule has 1 heterocycles. The molecule has 1 rings (SSSR count). The third-order valence-corrected chi connectivity index (χ3v) is 1.78. The summed E-state index contributed by atoms with van der Waals surface area (Å²) in [5.74, 6) is -0.819. The zero-order chi connectivity index (χ0) is 12.2. The minimum atomic E-state index is -4.57. The van der Waals surface area contributed by atoms with Crippen LogP contribution >= 0.6 is 0 Å². The molecule has 16 heavy (non-hydrogen) atoms. The van der Waals surface area contributed by atoms with Gasteiger partial charge in [0.05, 0.1) is 11.1 Å². The molecule has 0 aliphatic heterocycles. The van der Waals surface area contributed by atoms with Gasteiger partial charge in [-0.3, -0.25) is 9.78 Å². The van der Waals surface area contributed by atoms with Crippen molar-refractivity contribution in [2.45, 2.75) is 6.18 Å². The Bertz CT molecular complexity index is 401. The molecule has 0 saturated carbocycles. The van der Waals surface area contributed by atoms with E-state index in [1.54, 1.807) is 0 Å². The average molecular weight is 230 g/mol. The molecule has 1 amide bonds. The zero-order valence-corrected chi connectivity index (χ0v) is 8.21. The standard InChI is InChI=1S/C10H9F3N2O/c1-2-4-15-9(16)7-6-14-5-3-8(7)10(11,12)13/h2-3,5-6H,1,4H2,(H,15,16). The quantitative estimate of drug-likeness (QED) is 0.807. The van der Waals surface area contributed by atoms with Crippen LogP contribution in [-0.2, 0) is 6.18 Å². The van der Waals surface area contributed by atoms with E-state index < -0.39 is 23.2 Å². The highest BCUT2D eigenvalue weighted by Gasteiger charge is 2.35. The molecule has 86 valence electrons. The van der Waals surface area contributed by atoms with Crippen LogP contribution in [0.4, 0.5) is 13.2 Å². The van der Waals surface area contributed by atoms with E-state index in [1.807, 2.05) is 0 Å². The third kappa shape index (κ3) is 2.82. The molecule has 6 heteroatoms. The number of aromatic nitrogens is 1. The summed E-state index contributed by atoms with van der Waals surface area (Å²) in [7, 11) is 0. The van der Waals surface area contributed by atoms with Crippen molar-refractivity contribution in [3.05, 3.63) is 42.2 Å². The van der Waals surface area contributed by atoms with Crippen molar-refractivity contribution >= 4 is 5.91 Å². The molecule has 3 nitrogen and oxygen atoms in total. The monoisotopic (exact) mass is 230 g/mol. The topological polar surface area (TPSA) is 42.0 Å². The van der Waals surface area contributed by atoms with E-state index in [4.69, 9.17) is 0 Å². The Hall–Kier alpha value is -1.85. The van der Waals surface area contributed by atoms with Crippen LogP contribution < -0.4 is 5.32 Å². The lowest BCUT2D eigenvalue weighted by Gasteiger charge is -2.11. The first-order chi connectivity index (χ1) is 7.46. The predicted octanol–water partition coefficient (Wildman–Crippen LogP) is 2.02. The number of carbonyl (C=O) groups excluding carboxylic acids is 1. The Balaban J connectivity index is 3.04. The Morgan fingerprint density at radius 3 is 2.81 bits per heavy atom. The minimum absolute atomic E-state index is 0.102. The molecule has 0 saturated heterocycles. The first-order valence-electron chi connectivity index (χ1n) is 4.37. The molecule has 0 aromatic carbocycles. The molecule has 0 aliphatic carbocycles. The maximum atomic E-state index is 12.5. The van der Waals surface area contributed by atoms with Crippen molar-refractivity contribution < 1.29 is 18.0 Å². The number of nitrogens with zero attached hydrogens (tertiary/aromatic N) is 1. The molecule has 0 atom stereocenters. The number of hydrogen-bond acceptors (Lipinski definition) is 2. The Morgan fingerprint density at radius 2 is 2.25 bits per heavy atom. The van der Waals surface area contributed by atoms with Crippen molar-refractivity contribution in [3.63, 3.8) is 0 Å². The molecule has 0 bridgehead atoms. The second-order valence-corrected chi connectivity index (χ2v) is 2.92. The van der Waals surface area contributed by atoms with Gasteiger partial charge in [0.1, 0.15) is 0 Å². The molecule has 0 aliphatic rings. The Kier molecular flexibility index (Phi) is 3.65. The Morgan fingerprint density at radius 1 is 1.56 bits per heavy atom. The second-order valence-electron chi connectivity index (χ2n) is 2.92. The van der Waals surface area contributed by atoms with E-state index in [1.165, 1.54) is 6.08 Å². The van der Waals surface area contributed by atoms with E-state index in [-0.39, 0.29) is 6.54 Å². The number of nitrogens with one attached hydrogen (secondary N) is 1. The van der Waals surface area contributed by atoms with Gasteiger partial charge in [0, 0.05) is 18.9 Å². The van der Waals surface area contributed by atoms with Crippen molar-refractivity contribution in [2.24, 2.45) is 0 Å². The fourth-order valence-corrected chi connectivity index (χ4v) is 1.08. The molecule has 1 N–H and O–H groups in total. The number of alkyl halides is 3. The zero-order valence-electron chi connectivity index (χ0n) is 8.21. The molecule has 0 spiro atoms. The van der Waals surface area contributed by atoms with Gasteiger partial charge in [-0.25, -0.2) is 0 Å². The van der Waals surface area contributed by atoms with E-state index in [2.05, 4.69) is 16.9 Å². The summed E-state index contributed by atoms with van der Waals surface area (Å²) in [5, 5.41) is 2.26. The number of hydrogen-bond donors (Lipinski definition) is 1. The lowest BCUT2D eigenvalue weighted by Crippen LogP contribution is -2.26. The van der Waals surface area contributed by atoms with Gasteiger partial charge in [0.2, 0.25) is 0 Å². The van der Waals surface area contributed by atoms with E-state index >= 15 is 0 Å². The van der Waals surface area contributed by atoms with Gasteiger partial charge in [0.15, 0.2) is 0 Å². The molecule has 0 radical (unpaired) electrons. The van der Waals surface area contributed by atoms with Crippen LogP contribution in [0.15, 0.2) is 31.1 Å². The highest BCUT2D eigenvalue weighted by Crippen LogP contribution is 2.31. The normalized spacial score (nSPS) is 10.9. The van der Waals surface area contributed by atoms with Gasteiger partial charge < -0.3 is 5.32 Å². The van der Waals surface area contributed by atoms with Crippen LogP contribution in [0.25, 0.3) is 0 Å². The largest absolute Gasteiger partial charge is 0.417 e. The van der Waals surface area contributed by atoms with Crippen LogP contribution in [-0.4, -0.2) is 17.4 Å². The summed E-state index contributed by atoms with van der Waals surface area (Å²) in [6, 6.07) is 0.767. The van der Waals surface area contributed by atoms with Crippen LogP contribution in [0.2, 0.25) is 0 Å². The Labute approximate surface area is 90.0 Å². The van der Waals surface area contributed by atoms with E-state index in [9.17, 15) is 18.0 Å². The molecular formula is C10H9F3N2O. The molecule has 0 fully saturated rings. The van der Waals surface area contributed by atoms with E-state index in [0.717, 1.165) is 18.5 Å². The summed E-state index contributed by atoms with van der Waals surface area (Å²) >= 11 is 0. The summed E-state index contributed by atoms with van der Waals surface area (Å²) in [6.07, 6.45) is -1.31. The number of pyridine rings is 1. The molecule has 0 unspecified atom stereocenters. The smallest absolute Gasteiger partial charge is 0.349 e. The van der Waals surface area contributed by atoms with Crippen molar-refractivity contribution in [3.8, 4) is 0 Å². The highest BCUT2D eigenvalue weighted by atomic mass is 19.4. The first kappa shape index (κ1) is 12.2. The summed E-state index contributed by atoms with van der Waals surface area (Å²) < 4.78 is 37.5. The summed E-state index contributed by atoms with van der Waals surface area (Å²) in [4.78, 5) is 14.9. The number of carbonyl (C=O) groups is 1. The lowest BCUT2D eigenvalue weighted by molar-refractivity contribution is -0.138. The fraction of sp³-hybridized carbons (Fsp3) is 0.200. The highest BCUT2D eigenvalue weighted by molar-refractivity contribution is 5.95. The van der Waals surface area contributed by atoms with Gasteiger partial charge in [-0.05, 0) is 6.07 Å². The molecule has 1 aromatic rings. The SMILES string of the molecule is C=CCNC(=O)c1cnccc1C(F)(F)F. The lowest BCUT2D eigenvalue weighted by atomic mass is 10.1. The molecular weight excluding hydrogens is 221 g/mol. The maximum Gasteiger partial charge on any atom is 0.417 e. The van der Waals surface area contributed by atoms with Crippen molar-refractivity contribution in [1.82, 2.24) is 10.3 Å². The number of rotatable bonds is 3. The summed E-state index contributed by atoms with van der Waals surface area (Å²) in [6.45, 7) is 3.45. The van der Waals surface area contributed by atoms with Gasteiger partial charge in [-0.15, -0.1) is 6.58 Å². The van der Waals surface area contributed by atoms with Crippen molar-refractivity contribution in [2.75, 3.05) is 6.54 Å². The van der Waals surface area contributed by atoms with Gasteiger partial charge in [-0.1, -0.05) is 6.08 Å². The third-order valence-electron chi connectivity index (χ3n) is 1.78. The van der Waals surface area contributed by atoms with Gasteiger partial charge in [-0.2, -0.15) is 13.2 Å². The average Bonchev–Trinajstić information content (AvgIpc) is 2.24. The van der Waals surface area contributed by atoms with Gasteiger partial charge in [0.25, 0.3) is 5.91 Å². The van der Waals surface area contributed by atoms with Crippen LogP contribution in [0, 0.1) is 0 Å². The number of halogens is 3. The second kappa shape index (κ2) is 4.78. The van der Waals surface area contributed by atoms with Crippen molar-refractivity contribution in [1.29, 1.82) is 0 Å². The minimum Gasteiger partial charge on any atom is -0.349 e. The summed E-state index contributed by atoms with van der Waals surface area (Å²) in [5.41, 5.74) is -1.49. The fourth-order valence-electron chi connectivity index (χ4n) is 1.08. The predicted molar refractivity (Wildman–Crippen MR) is 51.8 cm³/mol. The van der Waals surface area contributed by atoms with Gasteiger partial charge >= 0.3 is 6.18 Å². The van der Waals surface area contributed by atoms with Crippen LogP contribution in [0.3, 0.4) is 0 Å². The molecule has 1 aromatic heterocycles. The van der Waals surface area contributed by atoms with Crippen LogP contribution in [0.1, 0.15) is 15.9 Å². The first-order valence-corrected chi connectivity index (χ1v) is 4.37. The van der Waals surface area contributed by atoms with E-state index in [0.29, 0.717) is 0 Å². The number of amides is 1. The maximum absolute atomic E-state index is 12.5. The van der Waals surface area contributed by atoms with Crippen LogP contribution in [0.5, 0.6) is 0 Å².